The van der Waals surface area contributed by atoms with Crippen LogP contribution in [0, 0.1) is 11.2 Å². The predicted octanol–water partition coefficient (Wildman–Crippen LogP) is 4.85. The van der Waals surface area contributed by atoms with Crippen LogP contribution in [0.2, 0.25) is 0 Å². The topological polar surface area (TPSA) is 30.9 Å². The molecule has 0 radical (unpaired) electrons. The van der Waals surface area contributed by atoms with Crippen molar-refractivity contribution in [1.29, 1.82) is 0 Å². The SMILES string of the molecule is CC(C)(C)Cn1cc(C(N)C(F)F)c2cc(F)c(Br)cc21. The first-order valence-electron chi connectivity index (χ1n) is 6.61. The van der Waals surface area contributed by atoms with Gasteiger partial charge in [0, 0.05) is 29.2 Å². The van der Waals surface area contributed by atoms with Crippen molar-refractivity contribution in [3.63, 3.8) is 0 Å². The maximum Gasteiger partial charge on any atom is 0.257 e. The number of hydrogen-bond donors (Lipinski definition) is 1. The van der Waals surface area contributed by atoms with Crippen molar-refractivity contribution in [3.05, 3.63) is 34.2 Å². The summed E-state index contributed by atoms with van der Waals surface area (Å²) in [6.07, 6.45) is -1.08. The lowest BCUT2D eigenvalue weighted by Crippen LogP contribution is -2.19. The van der Waals surface area contributed by atoms with Crippen LogP contribution in [0.3, 0.4) is 0 Å². The van der Waals surface area contributed by atoms with E-state index in [4.69, 9.17) is 5.73 Å². The van der Waals surface area contributed by atoms with Crippen molar-refractivity contribution in [3.8, 4) is 0 Å². The van der Waals surface area contributed by atoms with Gasteiger partial charge < -0.3 is 10.3 Å². The van der Waals surface area contributed by atoms with E-state index in [1.165, 1.54) is 6.07 Å². The molecule has 2 N–H and O–H groups in total. The number of nitrogens with two attached hydrogens (primary N) is 1. The van der Waals surface area contributed by atoms with Crippen LogP contribution < -0.4 is 5.73 Å². The van der Waals surface area contributed by atoms with Gasteiger partial charge in [-0.3, -0.25) is 0 Å². The first-order valence-corrected chi connectivity index (χ1v) is 7.41. The highest BCUT2D eigenvalue weighted by atomic mass is 79.9. The number of benzene rings is 1. The van der Waals surface area contributed by atoms with Crippen LogP contribution in [0.25, 0.3) is 10.9 Å². The van der Waals surface area contributed by atoms with Crippen molar-refractivity contribution in [2.45, 2.75) is 39.8 Å². The van der Waals surface area contributed by atoms with E-state index in [9.17, 15) is 13.2 Å². The molecular weight excluding hydrogens is 345 g/mol. The van der Waals surface area contributed by atoms with Crippen LogP contribution in [0.1, 0.15) is 32.4 Å². The molecule has 1 heterocycles. The molecule has 1 aromatic carbocycles. The Kier molecular flexibility index (Phi) is 4.40. The molecule has 21 heavy (non-hydrogen) atoms. The highest BCUT2D eigenvalue weighted by Gasteiger charge is 2.24. The Bertz CT molecular complexity index is 659. The molecule has 2 rings (SSSR count). The standard InChI is InChI=1S/C15H18BrF3N2/c1-15(2,3)7-21-6-9(13(20)14(18)19)8-4-11(17)10(16)5-12(8)21/h4-6,13-14H,7,20H2,1-3H3. The van der Waals surface area contributed by atoms with Crippen LogP contribution in [0.4, 0.5) is 13.2 Å². The van der Waals surface area contributed by atoms with E-state index in [-0.39, 0.29) is 11.0 Å². The van der Waals surface area contributed by atoms with Crippen LogP contribution in [0.5, 0.6) is 0 Å². The second-order valence-corrected chi connectivity index (χ2v) is 7.27. The first-order chi connectivity index (χ1) is 9.60. The molecule has 0 saturated carbocycles. The third-order valence-electron chi connectivity index (χ3n) is 3.23. The summed E-state index contributed by atoms with van der Waals surface area (Å²) in [5.41, 5.74) is 6.50. The number of nitrogens with zero attached hydrogens (tertiary/aromatic N) is 1. The predicted molar refractivity (Wildman–Crippen MR) is 82.0 cm³/mol. The van der Waals surface area contributed by atoms with Gasteiger partial charge in [-0.05, 0) is 33.5 Å². The lowest BCUT2D eigenvalue weighted by Gasteiger charge is -2.20. The van der Waals surface area contributed by atoms with Crippen molar-refractivity contribution in [1.82, 2.24) is 4.57 Å². The van der Waals surface area contributed by atoms with Gasteiger partial charge in [-0.1, -0.05) is 20.8 Å². The summed E-state index contributed by atoms with van der Waals surface area (Å²) in [7, 11) is 0. The number of alkyl halides is 2. The average molecular weight is 363 g/mol. The van der Waals surface area contributed by atoms with E-state index in [1.807, 2.05) is 25.3 Å². The average Bonchev–Trinajstić information content (AvgIpc) is 2.65. The zero-order valence-corrected chi connectivity index (χ0v) is 13.7. The maximum atomic E-state index is 13.8. The summed E-state index contributed by atoms with van der Waals surface area (Å²) in [6, 6.07) is 1.45. The van der Waals surface area contributed by atoms with Gasteiger partial charge in [0.1, 0.15) is 5.82 Å². The molecule has 1 unspecified atom stereocenters. The Balaban J connectivity index is 2.67. The van der Waals surface area contributed by atoms with Crippen LogP contribution in [0.15, 0.2) is 22.8 Å². The molecular formula is C15H18BrF3N2. The summed E-state index contributed by atoms with van der Waals surface area (Å²) < 4.78 is 41.8. The third kappa shape index (κ3) is 3.43. The highest BCUT2D eigenvalue weighted by Crippen LogP contribution is 2.33. The molecule has 0 saturated heterocycles. The summed E-state index contributed by atoms with van der Waals surface area (Å²) in [4.78, 5) is 0. The Morgan fingerprint density at radius 2 is 1.90 bits per heavy atom. The molecule has 0 amide bonds. The molecule has 2 nitrogen and oxygen atoms in total. The zero-order chi connectivity index (χ0) is 15.9. The van der Waals surface area contributed by atoms with Gasteiger partial charge in [-0.25, -0.2) is 13.2 Å². The molecule has 0 aliphatic carbocycles. The number of halogens is 4. The molecule has 2 aromatic rings. The molecule has 0 aliphatic rings. The minimum Gasteiger partial charge on any atom is -0.347 e. The lowest BCUT2D eigenvalue weighted by molar-refractivity contribution is 0.117. The van der Waals surface area contributed by atoms with Crippen LogP contribution in [-0.2, 0) is 6.54 Å². The van der Waals surface area contributed by atoms with Gasteiger partial charge in [0.15, 0.2) is 0 Å². The van der Waals surface area contributed by atoms with E-state index >= 15 is 0 Å². The van der Waals surface area contributed by atoms with E-state index < -0.39 is 18.3 Å². The summed E-state index contributed by atoms with van der Waals surface area (Å²) >= 11 is 3.14. The Morgan fingerprint density at radius 1 is 1.29 bits per heavy atom. The lowest BCUT2D eigenvalue weighted by atomic mass is 9.97. The number of hydrogen-bond acceptors (Lipinski definition) is 1. The third-order valence-corrected chi connectivity index (χ3v) is 3.84. The summed E-state index contributed by atoms with van der Waals surface area (Å²) in [5, 5.41) is 0.438. The molecule has 0 bridgehead atoms. The quantitative estimate of drug-likeness (QED) is 0.830. The number of aromatic nitrogens is 1. The fourth-order valence-corrected chi connectivity index (χ4v) is 2.69. The normalized spacial score (nSPS) is 14.1. The van der Waals surface area contributed by atoms with E-state index in [2.05, 4.69) is 15.9 Å². The van der Waals surface area contributed by atoms with Gasteiger partial charge in [-0.15, -0.1) is 0 Å². The van der Waals surface area contributed by atoms with Gasteiger partial charge in [0.25, 0.3) is 6.43 Å². The zero-order valence-electron chi connectivity index (χ0n) is 12.1. The van der Waals surface area contributed by atoms with Gasteiger partial charge in [0.05, 0.1) is 10.5 Å². The Labute approximate surface area is 130 Å². The number of rotatable bonds is 3. The minimum atomic E-state index is -2.69. The molecule has 116 valence electrons. The second-order valence-electron chi connectivity index (χ2n) is 6.42. The molecule has 0 aliphatic heterocycles. The molecule has 6 heteroatoms. The fourth-order valence-electron chi connectivity index (χ4n) is 2.36. The van der Waals surface area contributed by atoms with Gasteiger partial charge in [0.2, 0.25) is 0 Å². The number of fused-ring (bicyclic) bond motifs is 1. The maximum absolute atomic E-state index is 13.8. The van der Waals surface area contributed by atoms with Crippen molar-refractivity contribution in [2.24, 2.45) is 11.1 Å². The second kappa shape index (κ2) is 5.65. The molecule has 0 fully saturated rings. The fraction of sp³-hybridized carbons (Fsp3) is 0.467. The van der Waals surface area contributed by atoms with E-state index in [0.29, 0.717) is 21.9 Å². The van der Waals surface area contributed by atoms with Crippen LogP contribution in [-0.4, -0.2) is 11.0 Å². The largest absolute Gasteiger partial charge is 0.347 e. The molecule has 0 spiro atoms. The Hall–Kier alpha value is -1.01. The van der Waals surface area contributed by atoms with Gasteiger partial charge in [-0.2, -0.15) is 0 Å². The van der Waals surface area contributed by atoms with Gasteiger partial charge >= 0.3 is 0 Å². The van der Waals surface area contributed by atoms with Crippen LogP contribution >= 0.6 is 15.9 Å². The highest BCUT2D eigenvalue weighted by molar-refractivity contribution is 9.10. The van der Waals surface area contributed by atoms with Crippen molar-refractivity contribution >= 4 is 26.8 Å². The summed E-state index contributed by atoms with van der Waals surface area (Å²) in [6.45, 7) is 6.76. The first kappa shape index (κ1) is 16.4. The molecule has 1 aromatic heterocycles. The Morgan fingerprint density at radius 3 is 2.43 bits per heavy atom. The van der Waals surface area contributed by atoms with Crippen molar-refractivity contribution < 1.29 is 13.2 Å². The summed E-state index contributed by atoms with van der Waals surface area (Å²) in [5.74, 6) is -0.487. The minimum absolute atomic E-state index is 0.0427. The monoisotopic (exact) mass is 362 g/mol. The van der Waals surface area contributed by atoms with Crippen molar-refractivity contribution in [2.75, 3.05) is 0 Å². The van der Waals surface area contributed by atoms with E-state index in [0.717, 1.165) is 0 Å². The smallest absolute Gasteiger partial charge is 0.257 e. The molecule has 1 atom stereocenters. The van der Waals surface area contributed by atoms with E-state index in [1.54, 1.807) is 12.3 Å².